The van der Waals surface area contributed by atoms with Gasteiger partial charge in [0.15, 0.2) is 0 Å². The lowest BCUT2D eigenvalue weighted by molar-refractivity contribution is -0.130. The minimum atomic E-state index is -2.56. The third kappa shape index (κ3) is 4.16. The number of nitrogens with zero attached hydrogens (tertiary/aromatic N) is 2. The predicted molar refractivity (Wildman–Crippen MR) is 83.8 cm³/mol. The van der Waals surface area contributed by atoms with Gasteiger partial charge in [-0.25, -0.2) is 8.78 Å². The molecule has 3 unspecified atom stereocenters. The quantitative estimate of drug-likeness (QED) is 0.761. The summed E-state index contributed by atoms with van der Waals surface area (Å²) in [6.45, 7) is 11.1. The highest BCUT2D eigenvalue weighted by Crippen LogP contribution is 2.36. The van der Waals surface area contributed by atoms with Crippen LogP contribution in [-0.4, -0.2) is 54.0 Å². The van der Waals surface area contributed by atoms with E-state index in [1.165, 1.54) is 6.42 Å². The van der Waals surface area contributed by atoms with Gasteiger partial charge >= 0.3 is 0 Å². The molecule has 0 radical (unpaired) electrons. The number of hydrogen-bond acceptors (Lipinski definition) is 2. The maximum Gasteiger partial charge on any atom is 0.275 e. The average molecular weight is 302 g/mol. The van der Waals surface area contributed by atoms with Gasteiger partial charge in [-0.2, -0.15) is 0 Å². The molecule has 3 atom stereocenters. The lowest BCUT2D eigenvalue weighted by Crippen LogP contribution is -2.59. The molecule has 2 rings (SSSR count). The first-order valence-electron chi connectivity index (χ1n) is 8.69. The average Bonchev–Trinajstić information content (AvgIpc) is 2.83. The Morgan fingerprint density at radius 3 is 2.43 bits per heavy atom. The van der Waals surface area contributed by atoms with E-state index in [9.17, 15) is 8.78 Å². The maximum absolute atomic E-state index is 14.6. The molecule has 0 spiro atoms. The van der Waals surface area contributed by atoms with Crippen molar-refractivity contribution in [3.05, 3.63) is 0 Å². The van der Waals surface area contributed by atoms with Crippen molar-refractivity contribution < 1.29 is 8.78 Å². The van der Waals surface area contributed by atoms with Gasteiger partial charge in [-0.05, 0) is 51.0 Å². The fourth-order valence-corrected chi connectivity index (χ4v) is 4.04. The van der Waals surface area contributed by atoms with Gasteiger partial charge in [-0.3, -0.25) is 9.80 Å². The van der Waals surface area contributed by atoms with Crippen LogP contribution in [0.5, 0.6) is 0 Å². The molecule has 0 aromatic carbocycles. The summed E-state index contributed by atoms with van der Waals surface area (Å²) in [5.74, 6) is -1.27. The Labute approximate surface area is 128 Å². The summed E-state index contributed by atoms with van der Waals surface area (Å²) in [7, 11) is 0. The highest BCUT2D eigenvalue weighted by Gasteiger charge is 2.49. The van der Waals surface area contributed by atoms with Crippen molar-refractivity contribution in [3.8, 4) is 0 Å². The van der Waals surface area contributed by atoms with Crippen molar-refractivity contribution in [2.75, 3.05) is 26.2 Å². The zero-order valence-corrected chi connectivity index (χ0v) is 14.1. The van der Waals surface area contributed by atoms with E-state index in [0.717, 1.165) is 32.5 Å². The second-order valence-electron chi connectivity index (χ2n) is 7.57. The number of hydrogen-bond donors (Lipinski definition) is 0. The molecule has 2 aliphatic rings. The normalized spacial score (nSPS) is 32.7. The van der Waals surface area contributed by atoms with Crippen LogP contribution in [0.25, 0.3) is 0 Å². The molecule has 4 heteroatoms. The van der Waals surface area contributed by atoms with Crippen LogP contribution in [0, 0.1) is 11.8 Å². The Kier molecular flexibility index (Phi) is 5.64. The summed E-state index contributed by atoms with van der Waals surface area (Å²) in [6.07, 6.45) is 3.83. The first kappa shape index (κ1) is 17.1. The van der Waals surface area contributed by atoms with Crippen molar-refractivity contribution in [2.45, 2.75) is 71.4 Å². The molecule has 21 heavy (non-hydrogen) atoms. The number of halogens is 2. The zero-order chi connectivity index (χ0) is 15.6. The minimum Gasteiger partial charge on any atom is -0.295 e. The third-order valence-electron chi connectivity index (χ3n) is 5.37. The SMILES string of the molecule is CCC(C)N1CCC(N2CCC(CC(C)C)C2)C(F)(F)C1. The van der Waals surface area contributed by atoms with Crippen molar-refractivity contribution in [1.29, 1.82) is 0 Å². The summed E-state index contributed by atoms with van der Waals surface area (Å²) in [5, 5.41) is 0. The van der Waals surface area contributed by atoms with Crippen LogP contribution >= 0.6 is 0 Å². The van der Waals surface area contributed by atoms with E-state index in [-0.39, 0.29) is 12.6 Å². The highest BCUT2D eigenvalue weighted by atomic mass is 19.3. The summed E-state index contributed by atoms with van der Waals surface area (Å²) < 4.78 is 29.1. The molecule has 2 fully saturated rings. The Hall–Kier alpha value is -0.220. The van der Waals surface area contributed by atoms with Crippen molar-refractivity contribution in [2.24, 2.45) is 11.8 Å². The molecule has 2 nitrogen and oxygen atoms in total. The smallest absolute Gasteiger partial charge is 0.275 e. The molecule has 2 saturated heterocycles. The van der Waals surface area contributed by atoms with Crippen LogP contribution in [0.4, 0.5) is 8.78 Å². The Bertz CT molecular complexity index is 333. The molecule has 2 aliphatic heterocycles. The Balaban J connectivity index is 1.93. The number of rotatable bonds is 5. The molecule has 0 aromatic heterocycles. The first-order valence-corrected chi connectivity index (χ1v) is 8.69. The fraction of sp³-hybridized carbons (Fsp3) is 1.00. The molecular weight excluding hydrogens is 270 g/mol. The predicted octanol–water partition coefficient (Wildman–Crippen LogP) is 3.86. The van der Waals surface area contributed by atoms with E-state index in [1.807, 2.05) is 4.90 Å². The Morgan fingerprint density at radius 1 is 1.14 bits per heavy atom. The first-order chi connectivity index (χ1) is 9.83. The van der Waals surface area contributed by atoms with Crippen molar-refractivity contribution in [1.82, 2.24) is 9.80 Å². The van der Waals surface area contributed by atoms with Crippen LogP contribution in [0.15, 0.2) is 0 Å². The summed E-state index contributed by atoms with van der Waals surface area (Å²) in [5.41, 5.74) is 0. The molecule has 0 aromatic rings. The van der Waals surface area contributed by atoms with Gasteiger partial charge in [-0.1, -0.05) is 20.8 Å². The van der Waals surface area contributed by atoms with Crippen LogP contribution in [-0.2, 0) is 0 Å². The number of piperidine rings is 1. The molecule has 0 saturated carbocycles. The van der Waals surface area contributed by atoms with Gasteiger partial charge in [-0.15, -0.1) is 0 Å². The second-order valence-corrected chi connectivity index (χ2v) is 7.57. The second kappa shape index (κ2) is 6.91. The van der Waals surface area contributed by atoms with E-state index in [1.54, 1.807) is 0 Å². The van der Waals surface area contributed by atoms with Gasteiger partial charge in [0.1, 0.15) is 0 Å². The van der Waals surface area contributed by atoms with Gasteiger partial charge in [0.05, 0.1) is 12.6 Å². The largest absolute Gasteiger partial charge is 0.295 e. The van der Waals surface area contributed by atoms with E-state index in [2.05, 4.69) is 32.6 Å². The van der Waals surface area contributed by atoms with Crippen LogP contribution in [0.1, 0.15) is 53.4 Å². The molecule has 0 N–H and O–H groups in total. The molecule has 0 aliphatic carbocycles. The van der Waals surface area contributed by atoms with E-state index in [0.29, 0.717) is 18.3 Å². The zero-order valence-electron chi connectivity index (χ0n) is 14.1. The molecule has 124 valence electrons. The lowest BCUT2D eigenvalue weighted by atomic mass is 9.95. The minimum absolute atomic E-state index is 0.0575. The summed E-state index contributed by atoms with van der Waals surface area (Å²) >= 11 is 0. The van der Waals surface area contributed by atoms with Gasteiger partial charge in [0, 0.05) is 19.1 Å². The highest BCUT2D eigenvalue weighted by molar-refractivity contribution is 4.96. The van der Waals surface area contributed by atoms with Crippen LogP contribution < -0.4 is 0 Å². The molecule has 0 amide bonds. The Morgan fingerprint density at radius 2 is 1.86 bits per heavy atom. The maximum atomic E-state index is 14.6. The lowest BCUT2D eigenvalue weighted by Gasteiger charge is -2.44. The molecular formula is C17H32F2N2. The topological polar surface area (TPSA) is 6.48 Å². The van der Waals surface area contributed by atoms with E-state index < -0.39 is 12.0 Å². The molecule has 2 heterocycles. The van der Waals surface area contributed by atoms with Gasteiger partial charge in [0.25, 0.3) is 5.92 Å². The van der Waals surface area contributed by atoms with E-state index in [4.69, 9.17) is 0 Å². The van der Waals surface area contributed by atoms with Crippen LogP contribution in [0.2, 0.25) is 0 Å². The fourth-order valence-electron chi connectivity index (χ4n) is 4.04. The van der Waals surface area contributed by atoms with Crippen molar-refractivity contribution in [3.63, 3.8) is 0 Å². The monoisotopic (exact) mass is 302 g/mol. The third-order valence-corrected chi connectivity index (χ3v) is 5.37. The number of alkyl halides is 2. The standard InChI is InChI=1S/C17H32F2N2/c1-5-14(4)21-9-7-16(17(18,19)12-21)20-8-6-15(11-20)10-13(2)3/h13-16H,5-12H2,1-4H3. The van der Waals surface area contributed by atoms with Gasteiger partial charge < -0.3 is 0 Å². The van der Waals surface area contributed by atoms with Crippen LogP contribution in [0.3, 0.4) is 0 Å². The van der Waals surface area contributed by atoms with Crippen molar-refractivity contribution >= 4 is 0 Å². The number of likely N-dealkylation sites (tertiary alicyclic amines) is 2. The van der Waals surface area contributed by atoms with E-state index >= 15 is 0 Å². The van der Waals surface area contributed by atoms with Gasteiger partial charge in [0.2, 0.25) is 0 Å². The summed E-state index contributed by atoms with van der Waals surface area (Å²) in [6, 6.07) is -0.265. The summed E-state index contributed by atoms with van der Waals surface area (Å²) in [4.78, 5) is 4.05. The molecule has 0 bridgehead atoms.